The third kappa shape index (κ3) is 73.1. The van der Waals surface area contributed by atoms with Crippen molar-refractivity contribution in [1.82, 2.24) is 0 Å². The van der Waals surface area contributed by atoms with Crippen LogP contribution in [0, 0.1) is 0 Å². The molecule has 0 amide bonds. The second kappa shape index (κ2) is 73.2. The van der Waals surface area contributed by atoms with Crippen LogP contribution in [0.2, 0.25) is 0 Å². The molecule has 89 heavy (non-hydrogen) atoms. The van der Waals surface area contributed by atoms with Gasteiger partial charge < -0.3 is 20.1 Å². The SMILES string of the molecule is CC/C=C\C/C=C\C/C=C\C/C=C\C/C=C\C/C=C\CCCCCCCCCCCCCCCCCCCCCCC(=O)OC(COC(=O)CCCCCCCCCCCCCCC/C=C\C/C=C\C/C=C\C/C=C\C/C=C\CC)COP(=O)(O)OCCN. The Balaban J connectivity index is 3.85. The van der Waals surface area contributed by atoms with E-state index < -0.39 is 26.5 Å². The summed E-state index contributed by atoms with van der Waals surface area (Å²) in [6.45, 7) is 3.54. The van der Waals surface area contributed by atoms with E-state index in [1.54, 1.807) is 0 Å². The fourth-order valence-corrected chi connectivity index (χ4v) is 11.0. The maximum atomic E-state index is 12.8. The van der Waals surface area contributed by atoms with Crippen molar-refractivity contribution >= 4 is 19.8 Å². The van der Waals surface area contributed by atoms with Gasteiger partial charge in [-0.25, -0.2) is 4.57 Å². The number of phosphoric acid groups is 1. The lowest BCUT2D eigenvalue weighted by molar-refractivity contribution is -0.161. The van der Waals surface area contributed by atoms with Gasteiger partial charge in [-0.2, -0.15) is 0 Å². The summed E-state index contributed by atoms with van der Waals surface area (Å²) in [6, 6.07) is 0. The smallest absolute Gasteiger partial charge is 0.462 e. The van der Waals surface area contributed by atoms with Gasteiger partial charge in [0, 0.05) is 19.4 Å². The molecule has 0 rings (SSSR count). The van der Waals surface area contributed by atoms with Crippen LogP contribution in [-0.2, 0) is 32.7 Å². The van der Waals surface area contributed by atoms with Crippen molar-refractivity contribution in [2.75, 3.05) is 26.4 Å². The van der Waals surface area contributed by atoms with E-state index in [1.807, 2.05) is 0 Å². The number of rotatable bonds is 68. The number of esters is 2. The summed E-state index contributed by atoms with van der Waals surface area (Å²) < 4.78 is 33.2. The Morgan fingerprint density at radius 1 is 0.337 bits per heavy atom. The number of unbranched alkanes of at least 4 members (excludes halogenated alkanes) is 33. The second-order valence-corrected chi connectivity index (χ2v) is 25.5. The lowest BCUT2D eigenvalue weighted by atomic mass is 10.0. The number of carbonyl (C=O) groups excluding carboxylic acids is 2. The van der Waals surface area contributed by atoms with E-state index in [0.717, 1.165) is 109 Å². The van der Waals surface area contributed by atoms with Crippen molar-refractivity contribution in [3.8, 4) is 0 Å². The van der Waals surface area contributed by atoms with E-state index in [-0.39, 0.29) is 38.6 Å². The summed E-state index contributed by atoms with van der Waals surface area (Å²) >= 11 is 0. The van der Waals surface area contributed by atoms with Crippen molar-refractivity contribution in [2.45, 2.75) is 328 Å². The van der Waals surface area contributed by atoms with Crippen LogP contribution >= 0.6 is 7.82 Å². The van der Waals surface area contributed by atoms with Crippen LogP contribution in [0.3, 0.4) is 0 Å². The molecule has 0 bridgehead atoms. The van der Waals surface area contributed by atoms with Gasteiger partial charge in [-0.3, -0.25) is 18.6 Å². The molecule has 0 fully saturated rings. The predicted molar refractivity (Wildman–Crippen MR) is 385 cm³/mol. The third-order valence-electron chi connectivity index (χ3n) is 15.5. The molecule has 510 valence electrons. The van der Waals surface area contributed by atoms with Gasteiger partial charge in [-0.1, -0.05) is 334 Å². The average Bonchev–Trinajstić information content (AvgIpc) is 3.68. The Bertz CT molecular complexity index is 1920. The molecular weight excluding hydrogens is 1120 g/mol. The van der Waals surface area contributed by atoms with E-state index >= 15 is 0 Å². The molecule has 0 heterocycles. The van der Waals surface area contributed by atoms with Crippen LogP contribution in [-0.4, -0.2) is 49.3 Å². The minimum Gasteiger partial charge on any atom is -0.462 e. The molecule has 0 saturated heterocycles. The highest BCUT2D eigenvalue weighted by atomic mass is 31.2. The average molecular weight is 1260 g/mol. The van der Waals surface area contributed by atoms with E-state index in [9.17, 15) is 19.0 Å². The van der Waals surface area contributed by atoms with Crippen LogP contribution in [0.15, 0.2) is 134 Å². The topological polar surface area (TPSA) is 134 Å². The second-order valence-electron chi connectivity index (χ2n) is 24.0. The molecule has 0 aliphatic carbocycles. The summed E-state index contributed by atoms with van der Waals surface area (Å²) in [5, 5.41) is 0. The van der Waals surface area contributed by atoms with Gasteiger partial charge in [-0.05, 0) is 109 Å². The monoisotopic (exact) mass is 1260 g/mol. The Kier molecular flexibility index (Phi) is 70.0. The Hall–Kier alpha value is -3.85. The van der Waals surface area contributed by atoms with Gasteiger partial charge >= 0.3 is 19.8 Å². The molecule has 0 aromatic carbocycles. The zero-order valence-electron chi connectivity index (χ0n) is 57.4. The van der Waals surface area contributed by atoms with Gasteiger partial charge in [0.05, 0.1) is 13.2 Å². The molecule has 0 aliphatic heterocycles. The van der Waals surface area contributed by atoms with E-state index in [4.69, 9.17) is 24.3 Å². The first-order valence-electron chi connectivity index (χ1n) is 36.7. The molecule has 2 unspecified atom stereocenters. The first-order valence-corrected chi connectivity index (χ1v) is 38.2. The number of hydrogen-bond donors (Lipinski definition) is 2. The fraction of sp³-hybridized carbons (Fsp3) is 0.696. The molecule has 2 atom stereocenters. The highest BCUT2D eigenvalue weighted by molar-refractivity contribution is 7.47. The third-order valence-corrected chi connectivity index (χ3v) is 16.5. The molecule has 0 aliphatic rings. The van der Waals surface area contributed by atoms with Crippen molar-refractivity contribution in [1.29, 1.82) is 0 Å². The number of ether oxygens (including phenoxy) is 2. The van der Waals surface area contributed by atoms with Crippen LogP contribution < -0.4 is 5.73 Å². The molecule has 0 aromatic heterocycles. The lowest BCUT2D eigenvalue weighted by Crippen LogP contribution is -2.29. The van der Waals surface area contributed by atoms with Crippen molar-refractivity contribution in [3.05, 3.63) is 134 Å². The Morgan fingerprint density at radius 2 is 0.584 bits per heavy atom. The lowest BCUT2D eigenvalue weighted by Gasteiger charge is -2.19. The summed E-state index contributed by atoms with van der Waals surface area (Å²) in [6.07, 6.45) is 104. The summed E-state index contributed by atoms with van der Waals surface area (Å²) in [5.41, 5.74) is 5.41. The van der Waals surface area contributed by atoms with Crippen molar-refractivity contribution < 1.29 is 37.6 Å². The number of allylic oxidation sites excluding steroid dienone is 22. The normalized spacial score (nSPS) is 13.7. The predicted octanol–water partition coefficient (Wildman–Crippen LogP) is 24.4. The van der Waals surface area contributed by atoms with Crippen LogP contribution in [0.25, 0.3) is 0 Å². The van der Waals surface area contributed by atoms with Crippen LogP contribution in [0.5, 0.6) is 0 Å². The van der Waals surface area contributed by atoms with Crippen LogP contribution in [0.1, 0.15) is 322 Å². The van der Waals surface area contributed by atoms with Gasteiger partial charge in [0.1, 0.15) is 6.61 Å². The highest BCUT2D eigenvalue weighted by Crippen LogP contribution is 2.43. The Morgan fingerprint density at radius 3 is 0.865 bits per heavy atom. The van der Waals surface area contributed by atoms with E-state index in [1.165, 1.54) is 180 Å². The molecule has 0 spiro atoms. The molecule has 0 radical (unpaired) electrons. The van der Waals surface area contributed by atoms with Gasteiger partial charge in [0.25, 0.3) is 0 Å². The molecule has 10 heteroatoms. The largest absolute Gasteiger partial charge is 0.472 e. The maximum Gasteiger partial charge on any atom is 0.472 e. The molecule has 3 N–H and O–H groups in total. The van der Waals surface area contributed by atoms with Gasteiger partial charge in [0.2, 0.25) is 0 Å². The van der Waals surface area contributed by atoms with E-state index in [2.05, 4.69) is 148 Å². The molecule has 9 nitrogen and oxygen atoms in total. The zero-order valence-corrected chi connectivity index (χ0v) is 58.3. The van der Waals surface area contributed by atoms with E-state index in [0.29, 0.717) is 6.42 Å². The first-order chi connectivity index (χ1) is 43.8. The number of carbonyl (C=O) groups is 2. The number of hydrogen-bond acceptors (Lipinski definition) is 8. The number of nitrogens with two attached hydrogens (primary N) is 1. The van der Waals surface area contributed by atoms with Gasteiger partial charge in [-0.15, -0.1) is 0 Å². The summed E-state index contributed by atoms with van der Waals surface area (Å²) in [4.78, 5) is 35.4. The quantitative estimate of drug-likeness (QED) is 0.0264. The summed E-state index contributed by atoms with van der Waals surface area (Å²) in [5.74, 6) is -0.822. The first kappa shape index (κ1) is 85.2. The van der Waals surface area contributed by atoms with Crippen molar-refractivity contribution in [3.63, 3.8) is 0 Å². The zero-order chi connectivity index (χ0) is 64.4. The molecule has 0 saturated carbocycles. The maximum absolute atomic E-state index is 12.8. The Labute approximate surface area is 548 Å². The number of phosphoric ester groups is 1. The minimum atomic E-state index is -4.40. The minimum absolute atomic E-state index is 0.0500. The van der Waals surface area contributed by atoms with Gasteiger partial charge in [0.15, 0.2) is 6.10 Å². The highest BCUT2D eigenvalue weighted by Gasteiger charge is 2.26. The molecule has 0 aromatic rings. The molecular formula is C79H136NO8P. The standard InChI is InChI=1S/C79H136NO8P/c1-3-5-7-9-11-13-15-17-19-21-23-25-27-29-31-33-34-35-36-37-38-39-40-41-42-44-46-48-50-52-54-56-58-60-62-64-66-68-70-72-79(82)88-77(76-87-89(83,84)86-74-73-80)75-85-78(81)71-69-67-65-63-61-59-57-55-53-51-49-47-45-43-32-30-28-26-24-22-20-18-16-14-12-10-8-6-4-2/h5-8,11-14,17-20,23-26,29-32,34-35,77H,3-4,9-10,15-16,21-22,27-28,33,36-76,80H2,1-2H3,(H,83,84)/b7-5-,8-6-,13-11-,14-12-,19-17-,20-18-,25-23-,26-24-,31-29-,32-30-,35-34-. The van der Waals surface area contributed by atoms with Crippen molar-refractivity contribution in [2.24, 2.45) is 5.73 Å². The summed E-state index contributed by atoms with van der Waals surface area (Å²) in [7, 11) is -4.40. The van der Waals surface area contributed by atoms with Crippen LogP contribution in [0.4, 0.5) is 0 Å². The fourth-order valence-electron chi connectivity index (χ4n) is 10.2.